The molecule has 1 atom stereocenters. The van der Waals surface area contributed by atoms with Crippen molar-refractivity contribution >= 4 is 37.5 Å². The Balaban J connectivity index is 1.97. The molecule has 0 aliphatic heterocycles. The Labute approximate surface area is 134 Å². The zero-order valence-electron chi connectivity index (χ0n) is 10.8. The van der Waals surface area contributed by atoms with E-state index in [0.717, 1.165) is 19.8 Å². The number of aliphatic hydroxyl groups is 1. The molecule has 100 valence electrons. The third kappa shape index (κ3) is 4.32. The Hall–Kier alpha value is -0.351. The van der Waals surface area contributed by atoms with Crippen LogP contribution in [0.5, 0.6) is 0 Å². The Morgan fingerprint density at radius 3 is 2.37 bits per heavy atom. The molecule has 2 aromatic carbocycles. The van der Waals surface area contributed by atoms with E-state index in [2.05, 4.69) is 52.9 Å². The Bertz CT molecular complexity index is 525. The van der Waals surface area contributed by atoms with Crippen molar-refractivity contribution in [3.05, 3.63) is 69.3 Å². The van der Waals surface area contributed by atoms with Crippen molar-refractivity contribution in [1.82, 2.24) is 0 Å². The average Bonchev–Trinajstić information content (AvgIpc) is 2.40. The van der Waals surface area contributed by atoms with Gasteiger partial charge in [-0.25, -0.2) is 0 Å². The van der Waals surface area contributed by atoms with Gasteiger partial charge in [-0.3, -0.25) is 0 Å². The molecule has 0 bridgehead atoms. The van der Waals surface area contributed by atoms with E-state index in [0.29, 0.717) is 15.0 Å². The van der Waals surface area contributed by atoms with Crippen LogP contribution in [0, 0.1) is 3.57 Å². The normalized spacial score (nSPS) is 14.1. The summed E-state index contributed by atoms with van der Waals surface area (Å²) in [7, 11) is 0. The SMILES string of the molecule is CC(O)(C[Se]Cc1ccccc1)c1ccccc1I. The van der Waals surface area contributed by atoms with E-state index in [4.69, 9.17) is 0 Å². The first kappa shape index (κ1) is 15.0. The summed E-state index contributed by atoms with van der Waals surface area (Å²) >= 11 is 2.70. The second-order valence-corrected chi connectivity index (χ2v) is 7.96. The molecule has 0 aliphatic carbocycles. The molecule has 0 fully saturated rings. The molecule has 0 saturated carbocycles. The summed E-state index contributed by atoms with van der Waals surface area (Å²) in [6.45, 7) is 1.93. The quantitative estimate of drug-likeness (QED) is 0.564. The average molecular weight is 431 g/mol. The molecule has 2 rings (SSSR count). The van der Waals surface area contributed by atoms with Crippen LogP contribution in [0.2, 0.25) is 5.32 Å². The van der Waals surface area contributed by atoms with Crippen molar-refractivity contribution < 1.29 is 5.11 Å². The van der Waals surface area contributed by atoms with E-state index < -0.39 is 5.60 Å². The predicted octanol–water partition coefficient (Wildman–Crippen LogP) is 3.82. The molecular weight excluding hydrogens is 414 g/mol. The van der Waals surface area contributed by atoms with Crippen LogP contribution in [0.25, 0.3) is 0 Å². The van der Waals surface area contributed by atoms with Gasteiger partial charge in [0, 0.05) is 0 Å². The van der Waals surface area contributed by atoms with Gasteiger partial charge in [0.05, 0.1) is 0 Å². The van der Waals surface area contributed by atoms with Gasteiger partial charge in [-0.05, 0) is 0 Å². The van der Waals surface area contributed by atoms with Gasteiger partial charge in [0.15, 0.2) is 0 Å². The second kappa shape index (κ2) is 6.89. The van der Waals surface area contributed by atoms with E-state index in [1.807, 2.05) is 31.2 Å². The third-order valence-electron chi connectivity index (χ3n) is 2.95. The van der Waals surface area contributed by atoms with E-state index in [1.165, 1.54) is 5.56 Å². The molecule has 19 heavy (non-hydrogen) atoms. The van der Waals surface area contributed by atoms with Gasteiger partial charge in [0.1, 0.15) is 0 Å². The van der Waals surface area contributed by atoms with Crippen molar-refractivity contribution in [3.8, 4) is 0 Å². The molecule has 0 aromatic heterocycles. The molecular formula is C16H17IOSe. The fourth-order valence-corrected chi connectivity index (χ4v) is 5.16. The molecule has 1 N–H and O–H groups in total. The molecule has 3 heteroatoms. The Morgan fingerprint density at radius 1 is 1.05 bits per heavy atom. The topological polar surface area (TPSA) is 20.2 Å². The zero-order chi connectivity index (χ0) is 13.7. The summed E-state index contributed by atoms with van der Waals surface area (Å²) < 4.78 is 1.14. The molecule has 0 radical (unpaired) electrons. The number of hydrogen-bond donors (Lipinski definition) is 1. The van der Waals surface area contributed by atoms with E-state index in [1.54, 1.807) is 0 Å². The predicted molar refractivity (Wildman–Crippen MR) is 89.4 cm³/mol. The van der Waals surface area contributed by atoms with E-state index >= 15 is 0 Å². The van der Waals surface area contributed by atoms with Gasteiger partial charge < -0.3 is 0 Å². The van der Waals surface area contributed by atoms with Crippen LogP contribution < -0.4 is 0 Å². The van der Waals surface area contributed by atoms with Crippen molar-refractivity contribution in [2.45, 2.75) is 23.2 Å². The second-order valence-electron chi connectivity index (χ2n) is 4.73. The fourth-order valence-electron chi connectivity index (χ4n) is 1.92. The summed E-state index contributed by atoms with van der Waals surface area (Å²) in [6, 6.07) is 18.6. The molecule has 0 saturated heterocycles. The van der Waals surface area contributed by atoms with Crippen LogP contribution in [0.1, 0.15) is 18.1 Å². The van der Waals surface area contributed by atoms with Crippen molar-refractivity contribution in [2.75, 3.05) is 0 Å². The van der Waals surface area contributed by atoms with E-state index in [9.17, 15) is 5.11 Å². The number of rotatable bonds is 5. The summed E-state index contributed by atoms with van der Waals surface area (Å²) in [5, 5.41) is 12.6. The first-order valence-electron chi connectivity index (χ1n) is 6.19. The molecule has 0 aliphatic rings. The van der Waals surface area contributed by atoms with Crippen molar-refractivity contribution in [1.29, 1.82) is 0 Å². The van der Waals surface area contributed by atoms with Crippen LogP contribution in [-0.4, -0.2) is 20.1 Å². The minimum atomic E-state index is -0.716. The summed E-state index contributed by atoms with van der Waals surface area (Å²) in [4.78, 5) is 0. The molecule has 0 spiro atoms. The molecule has 0 amide bonds. The first-order valence-corrected chi connectivity index (χ1v) is 9.69. The number of halogens is 1. The van der Waals surface area contributed by atoms with Gasteiger partial charge in [0.2, 0.25) is 0 Å². The Kier molecular flexibility index (Phi) is 5.46. The van der Waals surface area contributed by atoms with Crippen LogP contribution in [0.4, 0.5) is 0 Å². The van der Waals surface area contributed by atoms with Gasteiger partial charge in [-0.2, -0.15) is 0 Å². The standard InChI is InChI=1S/C16H17IOSe/c1-16(18,14-9-5-6-10-15(14)17)12-19-11-13-7-3-2-4-8-13/h2-10,18H,11-12H2,1H3. The third-order valence-corrected chi connectivity index (χ3v) is 6.62. The number of hydrogen-bond acceptors (Lipinski definition) is 1. The van der Waals surface area contributed by atoms with Crippen LogP contribution in [-0.2, 0) is 10.9 Å². The summed E-state index contributed by atoms with van der Waals surface area (Å²) in [5.74, 6) is 0. The minimum absolute atomic E-state index is 0.407. The summed E-state index contributed by atoms with van der Waals surface area (Å²) in [6.07, 6.45) is 0. The van der Waals surface area contributed by atoms with Crippen molar-refractivity contribution in [3.63, 3.8) is 0 Å². The summed E-state index contributed by atoms with van der Waals surface area (Å²) in [5.41, 5.74) is 1.69. The monoisotopic (exact) mass is 432 g/mol. The molecule has 0 heterocycles. The molecule has 1 unspecified atom stereocenters. The van der Waals surface area contributed by atoms with Crippen LogP contribution >= 0.6 is 22.6 Å². The molecule has 2 aromatic rings. The van der Waals surface area contributed by atoms with Crippen LogP contribution in [0.15, 0.2) is 54.6 Å². The van der Waals surface area contributed by atoms with E-state index in [-0.39, 0.29) is 0 Å². The first-order chi connectivity index (χ1) is 9.09. The fraction of sp³-hybridized carbons (Fsp3) is 0.250. The van der Waals surface area contributed by atoms with Gasteiger partial charge in [0.25, 0.3) is 0 Å². The maximum atomic E-state index is 10.7. The maximum absolute atomic E-state index is 10.7. The zero-order valence-corrected chi connectivity index (χ0v) is 14.7. The molecule has 1 nitrogen and oxygen atoms in total. The van der Waals surface area contributed by atoms with Gasteiger partial charge in [-0.15, -0.1) is 0 Å². The van der Waals surface area contributed by atoms with Gasteiger partial charge in [-0.1, -0.05) is 0 Å². The Morgan fingerprint density at radius 2 is 1.68 bits per heavy atom. The van der Waals surface area contributed by atoms with Crippen LogP contribution in [0.3, 0.4) is 0 Å². The van der Waals surface area contributed by atoms with Gasteiger partial charge >= 0.3 is 135 Å². The number of benzene rings is 2. The van der Waals surface area contributed by atoms with Crippen molar-refractivity contribution in [2.24, 2.45) is 0 Å².